The van der Waals surface area contributed by atoms with Gasteiger partial charge >= 0.3 is 0 Å². The second-order valence-electron chi connectivity index (χ2n) is 6.42. The number of pyridine rings is 1. The third-order valence-corrected chi connectivity index (χ3v) is 3.14. The average molecular weight is 250 g/mol. The Hall–Kier alpha value is -1.09. The van der Waals surface area contributed by atoms with Gasteiger partial charge in [-0.1, -0.05) is 13.8 Å². The van der Waals surface area contributed by atoms with Crippen molar-refractivity contribution in [2.75, 3.05) is 13.7 Å². The fourth-order valence-electron chi connectivity index (χ4n) is 1.79. The van der Waals surface area contributed by atoms with Crippen molar-refractivity contribution < 1.29 is 4.74 Å². The summed E-state index contributed by atoms with van der Waals surface area (Å²) < 4.78 is 5.23. The Morgan fingerprint density at radius 1 is 1.17 bits per heavy atom. The molecule has 1 N–H and O–H groups in total. The Kier molecular flexibility index (Phi) is 4.74. The summed E-state index contributed by atoms with van der Waals surface area (Å²) in [4.78, 5) is 4.23. The molecule has 1 aromatic rings. The number of nitrogens with one attached hydrogen (secondary N) is 1. The first kappa shape index (κ1) is 15.0. The molecule has 102 valence electrons. The molecule has 0 aliphatic carbocycles. The SMILES string of the molecule is COc1cncc(C(C)(C)CCNC(C)(C)C)c1. The largest absolute Gasteiger partial charge is 0.495 e. The number of methoxy groups -OCH3 is 1. The van der Waals surface area contributed by atoms with Crippen LogP contribution < -0.4 is 10.1 Å². The summed E-state index contributed by atoms with van der Waals surface area (Å²) in [5, 5.41) is 3.52. The molecule has 0 aliphatic heterocycles. The van der Waals surface area contributed by atoms with Gasteiger partial charge in [0.2, 0.25) is 0 Å². The van der Waals surface area contributed by atoms with Gasteiger partial charge in [-0.2, -0.15) is 0 Å². The molecule has 3 nitrogen and oxygen atoms in total. The zero-order valence-electron chi connectivity index (χ0n) is 12.5. The van der Waals surface area contributed by atoms with Gasteiger partial charge in [0.15, 0.2) is 0 Å². The smallest absolute Gasteiger partial charge is 0.137 e. The summed E-state index contributed by atoms with van der Waals surface area (Å²) in [5.74, 6) is 0.823. The van der Waals surface area contributed by atoms with Gasteiger partial charge in [0.05, 0.1) is 13.3 Å². The molecule has 0 spiro atoms. The number of rotatable bonds is 5. The van der Waals surface area contributed by atoms with Crippen molar-refractivity contribution in [3.05, 3.63) is 24.0 Å². The van der Waals surface area contributed by atoms with E-state index in [-0.39, 0.29) is 11.0 Å². The van der Waals surface area contributed by atoms with Crippen molar-refractivity contribution >= 4 is 0 Å². The summed E-state index contributed by atoms with van der Waals surface area (Å²) in [6, 6.07) is 2.07. The number of aromatic nitrogens is 1. The van der Waals surface area contributed by atoms with Crippen molar-refractivity contribution in [1.29, 1.82) is 0 Å². The molecule has 18 heavy (non-hydrogen) atoms. The van der Waals surface area contributed by atoms with Crippen LogP contribution >= 0.6 is 0 Å². The van der Waals surface area contributed by atoms with Crippen LogP contribution in [0.2, 0.25) is 0 Å². The summed E-state index contributed by atoms with van der Waals surface area (Å²) in [6.07, 6.45) is 4.74. The van der Waals surface area contributed by atoms with Crippen molar-refractivity contribution in [3.63, 3.8) is 0 Å². The molecule has 0 radical (unpaired) electrons. The molecule has 0 atom stereocenters. The third kappa shape index (κ3) is 4.65. The van der Waals surface area contributed by atoms with Gasteiger partial charge in [-0.3, -0.25) is 4.98 Å². The molecule has 0 aromatic carbocycles. The maximum atomic E-state index is 5.23. The summed E-state index contributed by atoms with van der Waals surface area (Å²) in [7, 11) is 1.68. The molecule has 0 bridgehead atoms. The Morgan fingerprint density at radius 3 is 2.39 bits per heavy atom. The van der Waals surface area contributed by atoms with Crippen molar-refractivity contribution in [1.82, 2.24) is 10.3 Å². The van der Waals surface area contributed by atoms with E-state index in [1.807, 2.05) is 6.20 Å². The lowest BCUT2D eigenvalue weighted by molar-refractivity contribution is 0.376. The maximum Gasteiger partial charge on any atom is 0.137 e. The standard InChI is InChI=1S/C15H26N2O/c1-14(2,3)17-8-7-15(4,5)12-9-13(18-6)11-16-10-12/h9-11,17H,7-8H2,1-6H3. The van der Waals surface area contributed by atoms with Crippen LogP contribution in [0.15, 0.2) is 18.5 Å². The van der Waals surface area contributed by atoms with Crippen LogP contribution in [0.4, 0.5) is 0 Å². The van der Waals surface area contributed by atoms with Gasteiger partial charge in [-0.25, -0.2) is 0 Å². The van der Waals surface area contributed by atoms with E-state index in [0.717, 1.165) is 18.7 Å². The van der Waals surface area contributed by atoms with Crippen molar-refractivity contribution in [2.24, 2.45) is 0 Å². The lowest BCUT2D eigenvalue weighted by atomic mass is 9.82. The van der Waals surface area contributed by atoms with E-state index in [1.165, 1.54) is 5.56 Å². The zero-order chi connectivity index (χ0) is 13.8. The van der Waals surface area contributed by atoms with Crippen LogP contribution in [0, 0.1) is 0 Å². The Balaban J connectivity index is 2.67. The van der Waals surface area contributed by atoms with E-state index in [4.69, 9.17) is 4.74 Å². The Labute approximate surface area is 111 Å². The maximum absolute atomic E-state index is 5.23. The monoisotopic (exact) mass is 250 g/mol. The molecule has 3 heteroatoms. The summed E-state index contributed by atoms with van der Waals surface area (Å²) >= 11 is 0. The first-order valence-corrected chi connectivity index (χ1v) is 6.49. The topological polar surface area (TPSA) is 34.1 Å². The molecule has 0 saturated carbocycles. The lowest BCUT2D eigenvalue weighted by Crippen LogP contribution is -2.38. The highest BCUT2D eigenvalue weighted by Gasteiger charge is 2.22. The van der Waals surface area contributed by atoms with Crippen LogP contribution in [0.5, 0.6) is 5.75 Å². The van der Waals surface area contributed by atoms with Gasteiger partial charge < -0.3 is 10.1 Å². The molecule has 0 amide bonds. The minimum absolute atomic E-state index is 0.0970. The second kappa shape index (κ2) is 5.70. The van der Waals surface area contributed by atoms with Gasteiger partial charge in [0.25, 0.3) is 0 Å². The van der Waals surface area contributed by atoms with Gasteiger partial charge in [0.1, 0.15) is 5.75 Å². The minimum Gasteiger partial charge on any atom is -0.495 e. The highest BCUT2D eigenvalue weighted by atomic mass is 16.5. The van der Waals surface area contributed by atoms with Gasteiger partial charge in [0, 0.05) is 11.7 Å². The molecular formula is C15H26N2O. The number of ether oxygens (including phenoxy) is 1. The van der Waals surface area contributed by atoms with Gasteiger partial charge in [-0.05, 0) is 50.8 Å². The number of hydrogen-bond acceptors (Lipinski definition) is 3. The second-order valence-corrected chi connectivity index (χ2v) is 6.42. The first-order chi connectivity index (χ1) is 8.24. The predicted molar refractivity (Wildman–Crippen MR) is 76.2 cm³/mol. The molecule has 0 saturated heterocycles. The fraction of sp³-hybridized carbons (Fsp3) is 0.667. The predicted octanol–water partition coefficient (Wildman–Crippen LogP) is 3.15. The molecule has 1 heterocycles. The van der Waals surface area contributed by atoms with Crippen LogP contribution in [0.1, 0.15) is 46.6 Å². The van der Waals surface area contributed by atoms with E-state index in [9.17, 15) is 0 Å². The highest BCUT2D eigenvalue weighted by Crippen LogP contribution is 2.28. The van der Waals surface area contributed by atoms with E-state index >= 15 is 0 Å². The van der Waals surface area contributed by atoms with E-state index in [0.29, 0.717) is 0 Å². The van der Waals surface area contributed by atoms with Gasteiger partial charge in [-0.15, -0.1) is 0 Å². The molecule has 0 aliphatic rings. The molecule has 0 fully saturated rings. The summed E-state index contributed by atoms with van der Waals surface area (Å²) in [6.45, 7) is 12.0. The van der Waals surface area contributed by atoms with Crippen LogP contribution in [0.3, 0.4) is 0 Å². The quantitative estimate of drug-likeness (QED) is 0.871. The van der Waals surface area contributed by atoms with E-state index < -0.39 is 0 Å². The van der Waals surface area contributed by atoms with Crippen LogP contribution in [0.25, 0.3) is 0 Å². The molecule has 0 unspecified atom stereocenters. The Morgan fingerprint density at radius 2 is 1.83 bits per heavy atom. The number of nitrogens with zero attached hydrogens (tertiary/aromatic N) is 1. The first-order valence-electron chi connectivity index (χ1n) is 6.49. The fourth-order valence-corrected chi connectivity index (χ4v) is 1.79. The third-order valence-electron chi connectivity index (χ3n) is 3.14. The average Bonchev–Trinajstić information content (AvgIpc) is 2.27. The van der Waals surface area contributed by atoms with Crippen molar-refractivity contribution in [2.45, 2.75) is 52.0 Å². The van der Waals surface area contributed by atoms with Crippen LogP contribution in [-0.4, -0.2) is 24.2 Å². The molecule has 1 aromatic heterocycles. The van der Waals surface area contributed by atoms with Crippen molar-refractivity contribution in [3.8, 4) is 5.75 Å². The number of hydrogen-bond donors (Lipinski definition) is 1. The minimum atomic E-state index is 0.0970. The lowest BCUT2D eigenvalue weighted by Gasteiger charge is -2.28. The summed E-state index contributed by atoms with van der Waals surface area (Å²) in [5.41, 5.74) is 1.49. The Bertz CT molecular complexity index is 380. The molecular weight excluding hydrogens is 224 g/mol. The zero-order valence-corrected chi connectivity index (χ0v) is 12.5. The highest BCUT2D eigenvalue weighted by molar-refractivity contribution is 5.28. The normalized spacial score (nSPS) is 12.6. The van der Waals surface area contributed by atoms with Crippen LogP contribution in [-0.2, 0) is 5.41 Å². The van der Waals surface area contributed by atoms with E-state index in [2.05, 4.69) is 51.0 Å². The van der Waals surface area contributed by atoms with E-state index in [1.54, 1.807) is 13.3 Å². The molecule has 1 rings (SSSR count).